The summed E-state index contributed by atoms with van der Waals surface area (Å²) in [6.45, 7) is 11.7. The molecule has 0 atom stereocenters. The van der Waals surface area contributed by atoms with Gasteiger partial charge in [0.2, 0.25) is 0 Å². The maximum absolute atomic E-state index is 6.18. The van der Waals surface area contributed by atoms with Crippen LogP contribution in [0, 0.1) is 20.8 Å². The molecule has 2 rings (SSSR count). The van der Waals surface area contributed by atoms with Gasteiger partial charge >= 0.3 is 0 Å². The summed E-state index contributed by atoms with van der Waals surface area (Å²) in [5, 5.41) is 3.38. The van der Waals surface area contributed by atoms with Crippen molar-refractivity contribution in [3.05, 3.63) is 22.3 Å². The number of benzene rings is 1. The Morgan fingerprint density at radius 2 is 1.72 bits per heavy atom. The highest BCUT2D eigenvalue weighted by Gasteiger charge is 2.17. The molecule has 1 aliphatic rings. The Kier molecular flexibility index (Phi) is 4.20. The minimum atomic E-state index is 0.899. The summed E-state index contributed by atoms with van der Waals surface area (Å²) in [4.78, 5) is 3.52. The first-order valence-electron chi connectivity index (χ1n) is 6.52. The molecule has 0 unspecified atom stereocenters. The third kappa shape index (κ3) is 2.51. The van der Waals surface area contributed by atoms with Crippen LogP contribution in [0.1, 0.15) is 22.3 Å². The third-order valence-corrected chi connectivity index (χ3v) is 4.69. The predicted octanol–water partition coefficient (Wildman–Crippen LogP) is 1.89. The zero-order valence-electron chi connectivity index (χ0n) is 11.5. The molecule has 1 heterocycles. The molecule has 1 aromatic rings. The maximum Gasteiger partial charge on any atom is 0.0388 e. The van der Waals surface area contributed by atoms with Gasteiger partial charge in [-0.1, -0.05) is 0 Å². The fraction of sp³-hybridized carbons (Fsp3) is 0.571. The van der Waals surface area contributed by atoms with Crippen molar-refractivity contribution in [1.29, 1.82) is 0 Å². The van der Waals surface area contributed by atoms with Gasteiger partial charge in [0.1, 0.15) is 0 Å². The topological polar surface area (TPSA) is 41.3 Å². The Hall–Kier alpha value is -0.710. The van der Waals surface area contributed by atoms with Crippen LogP contribution in [0.15, 0.2) is 4.90 Å². The van der Waals surface area contributed by atoms with Gasteiger partial charge in [-0.15, -0.1) is 12.6 Å². The van der Waals surface area contributed by atoms with Gasteiger partial charge in [-0.05, 0) is 43.0 Å². The molecular weight excluding hydrogens is 242 g/mol. The smallest absolute Gasteiger partial charge is 0.0388 e. The van der Waals surface area contributed by atoms with Crippen LogP contribution in [0.4, 0.5) is 5.69 Å². The van der Waals surface area contributed by atoms with Crippen molar-refractivity contribution < 1.29 is 0 Å². The second kappa shape index (κ2) is 5.51. The Labute approximate surface area is 115 Å². The van der Waals surface area contributed by atoms with Gasteiger partial charge in [0.15, 0.2) is 0 Å². The molecule has 0 amide bonds. The molecule has 3 nitrogen and oxygen atoms in total. The first-order chi connectivity index (χ1) is 8.52. The summed E-state index contributed by atoms with van der Waals surface area (Å²) in [5.74, 6) is 0. The van der Waals surface area contributed by atoms with E-state index in [-0.39, 0.29) is 0 Å². The SMILES string of the molecule is Cc1c(N)c(C)c(CN2CCNCC2)c(C)c1S. The maximum atomic E-state index is 6.18. The van der Waals surface area contributed by atoms with E-state index in [0.717, 1.165) is 48.9 Å². The number of hydrogen-bond donors (Lipinski definition) is 3. The van der Waals surface area contributed by atoms with Gasteiger partial charge in [0.25, 0.3) is 0 Å². The van der Waals surface area contributed by atoms with Gasteiger partial charge in [0.05, 0.1) is 0 Å². The Balaban J connectivity index is 2.32. The Morgan fingerprint density at radius 1 is 1.11 bits per heavy atom. The molecule has 4 heteroatoms. The molecule has 1 fully saturated rings. The highest BCUT2D eigenvalue weighted by Crippen LogP contribution is 2.32. The minimum Gasteiger partial charge on any atom is -0.398 e. The second-order valence-corrected chi connectivity index (χ2v) is 5.59. The van der Waals surface area contributed by atoms with Crippen LogP contribution in [0.2, 0.25) is 0 Å². The fourth-order valence-corrected chi connectivity index (χ4v) is 2.86. The van der Waals surface area contributed by atoms with E-state index in [9.17, 15) is 0 Å². The van der Waals surface area contributed by atoms with Crippen molar-refractivity contribution in [1.82, 2.24) is 10.2 Å². The van der Waals surface area contributed by atoms with Crippen LogP contribution in [-0.4, -0.2) is 31.1 Å². The summed E-state index contributed by atoms with van der Waals surface area (Å²) in [6.07, 6.45) is 0. The van der Waals surface area contributed by atoms with Crippen LogP contribution < -0.4 is 11.1 Å². The molecule has 0 bridgehead atoms. The molecule has 0 saturated carbocycles. The van der Waals surface area contributed by atoms with Gasteiger partial charge in [0, 0.05) is 43.3 Å². The van der Waals surface area contributed by atoms with Crippen LogP contribution in [0.3, 0.4) is 0 Å². The van der Waals surface area contributed by atoms with E-state index in [0.29, 0.717) is 0 Å². The molecule has 0 aliphatic carbocycles. The lowest BCUT2D eigenvalue weighted by molar-refractivity contribution is 0.232. The van der Waals surface area contributed by atoms with E-state index in [1.54, 1.807) is 0 Å². The number of nitrogens with two attached hydrogens (primary N) is 1. The number of piperazine rings is 1. The fourth-order valence-electron chi connectivity index (χ4n) is 2.61. The van der Waals surface area contributed by atoms with E-state index >= 15 is 0 Å². The molecule has 0 aromatic heterocycles. The number of nitrogens with one attached hydrogen (secondary N) is 1. The van der Waals surface area contributed by atoms with Crippen molar-refractivity contribution in [3.63, 3.8) is 0 Å². The van der Waals surface area contributed by atoms with Gasteiger partial charge in [-0.25, -0.2) is 0 Å². The molecule has 1 saturated heterocycles. The molecule has 1 aliphatic heterocycles. The zero-order chi connectivity index (χ0) is 13.3. The number of rotatable bonds is 2. The molecule has 100 valence electrons. The summed E-state index contributed by atoms with van der Waals surface area (Å²) in [7, 11) is 0. The Morgan fingerprint density at radius 3 is 2.33 bits per heavy atom. The zero-order valence-corrected chi connectivity index (χ0v) is 12.4. The van der Waals surface area contributed by atoms with Crippen molar-refractivity contribution in [2.75, 3.05) is 31.9 Å². The van der Waals surface area contributed by atoms with Crippen LogP contribution >= 0.6 is 12.6 Å². The van der Waals surface area contributed by atoms with Crippen molar-refractivity contribution in [2.45, 2.75) is 32.2 Å². The van der Waals surface area contributed by atoms with E-state index in [1.165, 1.54) is 16.7 Å². The average Bonchev–Trinajstić information content (AvgIpc) is 2.40. The molecular formula is C14H23N3S. The lowest BCUT2D eigenvalue weighted by Crippen LogP contribution is -2.43. The monoisotopic (exact) mass is 265 g/mol. The summed E-state index contributed by atoms with van der Waals surface area (Å²) in [6, 6.07) is 0. The first-order valence-corrected chi connectivity index (χ1v) is 6.97. The van der Waals surface area contributed by atoms with Gasteiger partial charge in [-0.2, -0.15) is 0 Å². The first kappa shape index (κ1) is 13.7. The number of anilines is 1. The highest BCUT2D eigenvalue weighted by molar-refractivity contribution is 7.80. The molecule has 18 heavy (non-hydrogen) atoms. The third-order valence-electron chi connectivity index (χ3n) is 4.02. The normalized spacial score (nSPS) is 17.1. The van der Waals surface area contributed by atoms with E-state index < -0.39 is 0 Å². The van der Waals surface area contributed by atoms with Gasteiger partial charge < -0.3 is 11.1 Å². The molecule has 1 aromatic carbocycles. The molecule has 3 N–H and O–H groups in total. The largest absolute Gasteiger partial charge is 0.398 e. The lowest BCUT2D eigenvalue weighted by Gasteiger charge is -2.29. The summed E-state index contributed by atoms with van der Waals surface area (Å²) >= 11 is 4.60. The van der Waals surface area contributed by atoms with E-state index in [4.69, 9.17) is 5.73 Å². The van der Waals surface area contributed by atoms with Crippen molar-refractivity contribution in [2.24, 2.45) is 0 Å². The van der Waals surface area contributed by atoms with Crippen LogP contribution in [0.5, 0.6) is 0 Å². The number of hydrogen-bond acceptors (Lipinski definition) is 4. The number of nitrogens with zero attached hydrogens (tertiary/aromatic N) is 1. The molecule has 0 radical (unpaired) electrons. The number of nitrogen functional groups attached to an aromatic ring is 1. The van der Waals surface area contributed by atoms with Crippen LogP contribution in [0.25, 0.3) is 0 Å². The Bertz CT molecular complexity index is 422. The molecule has 0 spiro atoms. The van der Waals surface area contributed by atoms with Crippen molar-refractivity contribution in [3.8, 4) is 0 Å². The second-order valence-electron chi connectivity index (χ2n) is 5.14. The van der Waals surface area contributed by atoms with Crippen molar-refractivity contribution >= 4 is 18.3 Å². The number of thiol groups is 1. The van der Waals surface area contributed by atoms with E-state index in [2.05, 4.69) is 36.7 Å². The lowest BCUT2D eigenvalue weighted by atomic mass is 9.96. The minimum absolute atomic E-state index is 0.899. The predicted molar refractivity (Wildman–Crippen MR) is 80.5 cm³/mol. The quantitative estimate of drug-likeness (QED) is 0.565. The van der Waals surface area contributed by atoms with Gasteiger partial charge in [-0.3, -0.25) is 4.90 Å². The average molecular weight is 265 g/mol. The summed E-state index contributed by atoms with van der Waals surface area (Å²) < 4.78 is 0. The van der Waals surface area contributed by atoms with E-state index in [1.807, 2.05) is 6.92 Å². The highest BCUT2D eigenvalue weighted by atomic mass is 32.1. The summed E-state index contributed by atoms with van der Waals surface area (Å²) in [5.41, 5.74) is 12.0. The standard InChI is InChI=1S/C14H23N3S/c1-9-12(8-17-6-4-16-5-7-17)10(2)14(18)11(3)13(9)15/h16,18H,4-8,15H2,1-3H3. The van der Waals surface area contributed by atoms with Crippen LogP contribution in [-0.2, 0) is 6.54 Å².